The minimum atomic E-state index is -4.98. The van der Waals surface area contributed by atoms with Crippen molar-refractivity contribution in [1.82, 2.24) is 0 Å². The number of hydrogen-bond donors (Lipinski definition) is 1. The molecule has 102 valence electrons. The van der Waals surface area contributed by atoms with Gasteiger partial charge in [0.1, 0.15) is 0 Å². The average Bonchev–Trinajstić information content (AvgIpc) is 2.38. The van der Waals surface area contributed by atoms with Crippen LogP contribution in [0.25, 0.3) is 0 Å². The number of carbonyl (C=O) groups is 1. The van der Waals surface area contributed by atoms with Gasteiger partial charge in [0.25, 0.3) is 5.78 Å². The molecule has 0 atom stereocenters. The zero-order chi connectivity index (χ0) is 14.5. The molecule has 0 heterocycles. The van der Waals surface area contributed by atoms with Gasteiger partial charge in [0, 0.05) is 7.05 Å². The van der Waals surface area contributed by atoms with Gasteiger partial charge in [-0.15, -0.1) is 0 Å². The Bertz CT molecular complexity index is 507. The molecule has 0 saturated carbocycles. The number of hydrogen-bond acceptors (Lipinski definition) is 4. The van der Waals surface area contributed by atoms with Crippen LogP contribution in [-0.4, -0.2) is 30.4 Å². The first-order chi connectivity index (χ1) is 8.86. The topological polar surface area (TPSA) is 53.8 Å². The van der Waals surface area contributed by atoms with Crippen LogP contribution in [-0.2, 0) is 4.79 Å². The Morgan fingerprint density at radius 1 is 1.21 bits per heavy atom. The van der Waals surface area contributed by atoms with E-state index in [9.17, 15) is 18.0 Å². The van der Waals surface area contributed by atoms with Crippen LogP contribution in [0.1, 0.15) is 6.92 Å². The zero-order valence-electron chi connectivity index (χ0n) is 10.3. The van der Waals surface area contributed by atoms with Gasteiger partial charge in [-0.25, -0.2) is 0 Å². The van der Waals surface area contributed by atoms with Crippen molar-refractivity contribution in [2.24, 2.45) is 10.1 Å². The van der Waals surface area contributed by atoms with Crippen molar-refractivity contribution in [2.45, 2.75) is 13.1 Å². The second-order valence-corrected chi connectivity index (χ2v) is 3.57. The number of anilines is 1. The summed E-state index contributed by atoms with van der Waals surface area (Å²) in [7, 11) is 1.29. The van der Waals surface area contributed by atoms with Crippen LogP contribution in [0.4, 0.5) is 18.9 Å². The van der Waals surface area contributed by atoms with Crippen LogP contribution in [0.15, 0.2) is 40.4 Å². The Morgan fingerprint density at radius 3 is 2.26 bits per heavy atom. The molecule has 19 heavy (non-hydrogen) atoms. The van der Waals surface area contributed by atoms with E-state index in [-0.39, 0.29) is 5.71 Å². The minimum absolute atomic E-state index is 0.0919. The first-order valence-electron chi connectivity index (χ1n) is 5.30. The van der Waals surface area contributed by atoms with E-state index in [0.29, 0.717) is 5.69 Å². The van der Waals surface area contributed by atoms with E-state index in [1.54, 1.807) is 30.3 Å². The van der Waals surface area contributed by atoms with E-state index in [4.69, 9.17) is 0 Å². The van der Waals surface area contributed by atoms with Gasteiger partial charge >= 0.3 is 6.18 Å². The number of ketones is 1. The van der Waals surface area contributed by atoms with Gasteiger partial charge in [0.2, 0.25) is 0 Å². The number of aliphatic imine (C=N–C) groups is 1. The van der Waals surface area contributed by atoms with E-state index in [1.807, 2.05) is 0 Å². The predicted molar refractivity (Wildman–Crippen MR) is 67.6 cm³/mol. The summed E-state index contributed by atoms with van der Waals surface area (Å²) in [5.41, 5.74) is 2.03. The number of benzene rings is 1. The summed E-state index contributed by atoms with van der Waals surface area (Å²) < 4.78 is 37.2. The molecule has 0 radical (unpaired) electrons. The van der Waals surface area contributed by atoms with Crippen molar-refractivity contribution in [3.63, 3.8) is 0 Å². The fraction of sp³-hybridized carbons (Fsp3) is 0.250. The van der Waals surface area contributed by atoms with Crippen molar-refractivity contribution in [3.8, 4) is 0 Å². The average molecular weight is 271 g/mol. The number of halogens is 3. The molecule has 0 aliphatic rings. The maximum absolute atomic E-state index is 12.4. The lowest BCUT2D eigenvalue weighted by molar-refractivity contribution is -0.162. The molecule has 0 amide bonds. The lowest BCUT2D eigenvalue weighted by atomic mass is 10.1. The molecule has 1 aromatic carbocycles. The Hall–Kier alpha value is -2.18. The summed E-state index contributed by atoms with van der Waals surface area (Å²) in [6, 6.07) is 8.33. The molecule has 0 fully saturated rings. The first-order valence-corrected chi connectivity index (χ1v) is 5.30. The predicted octanol–water partition coefficient (Wildman–Crippen LogP) is 2.68. The van der Waals surface area contributed by atoms with E-state index in [1.165, 1.54) is 14.0 Å². The third-order valence-corrected chi connectivity index (χ3v) is 2.22. The van der Waals surface area contributed by atoms with Crippen LogP contribution < -0.4 is 5.43 Å². The van der Waals surface area contributed by atoms with Crippen molar-refractivity contribution < 1.29 is 18.0 Å². The fourth-order valence-electron chi connectivity index (χ4n) is 1.17. The normalized spacial score (nSPS) is 13.3. The number of carbonyl (C=O) groups excluding carboxylic acids is 1. The molecule has 0 bridgehead atoms. The highest BCUT2D eigenvalue weighted by atomic mass is 19.4. The van der Waals surface area contributed by atoms with Crippen LogP contribution >= 0.6 is 0 Å². The van der Waals surface area contributed by atoms with Crippen LogP contribution in [0, 0.1) is 0 Å². The van der Waals surface area contributed by atoms with E-state index < -0.39 is 17.7 Å². The number of Topliss-reactive ketones (excluding diaryl/α,β-unsaturated/α-hetero) is 1. The molecule has 4 nitrogen and oxygen atoms in total. The zero-order valence-corrected chi connectivity index (χ0v) is 10.3. The minimum Gasteiger partial charge on any atom is -0.291 e. The Morgan fingerprint density at radius 2 is 1.79 bits per heavy atom. The molecular formula is C12H12F3N3O. The number of nitrogens with one attached hydrogen (secondary N) is 1. The summed E-state index contributed by atoms with van der Waals surface area (Å²) >= 11 is 0. The van der Waals surface area contributed by atoms with Gasteiger partial charge in [-0.3, -0.25) is 15.2 Å². The van der Waals surface area contributed by atoms with Crippen LogP contribution in [0.2, 0.25) is 0 Å². The SMILES string of the molecule is CN=C(C)/C(=N/Nc1ccccc1)C(=O)C(F)(F)F. The Labute approximate surface area is 108 Å². The largest absolute Gasteiger partial charge is 0.456 e. The van der Waals surface area contributed by atoms with Crippen LogP contribution in [0.5, 0.6) is 0 Å². The number of hydrazone groups is 1. The second-order valence-electron chi connectivity index (χ2n) is 3.57. The maximum atomic E-state index is 12.4. The number of nitrogens with zero attached hydrogens (tertiary/aromatic N) is 2. The lowest BCUT2D eigenvalue weighted by Crippen LogP contribution is -2.35. The molecular weight excluding hydrogens is 259 g/mol. The number of rotatable bonds is 4. The molecule has 1 aromatic rings. The van der Waals surface area contributed by atoms with Crippen molar-refractivity contribution in [3.05, 3.63) is 30.3 Å². The number of alkyl halides is 3. The molecule has 0 aliphatic heterocycles. The highest BCUT2D eigenvalue weighted by Gasteiger charge is 2.42. The fourth-order valence-corrected chi connectivity index (χ4v) is 1.17. The maximum Gasteiger partial charge on any atom is 0.456 e. The molecule has 1 N–H and O–H groups in total. The third-order valence-electron chi connectivity index (χ3n) is 2.22. The smallest absolute Gasteiger partial charge is 0.291 e. The van der Waals surface area contributed by atoms with Gasteiger partial charge in [-0.2, -0.15) is 18.3 Å². The van der Waals surface area contributed by atoms with E-state index in [2.05, 4.69) is 15.5 Å². The van der Waals surface area contributed by atoms with Crippen molar-refractivity contribution in [2.75, 3.05) is 12.5 Å². The summed E-state index contributed by atoms with van der Waals surface area (Å²) in [5.74, 6) is -2.03. The summed E-state index contributed by atoms with van der Waals surface area (Å²) in [6.07, 6.45) is -4.98. The first kappa shape index (κ1) is 14.9. The standard InChI is InChI=1S/C12H12F3N3O/c1-8(16-2)10(11(19)12(13,14)15)18-17-9-6-4-3-5-7-9/h3-7,17H,1-2H3/b16-8?,18-10-. The lowest BCUT2D eigenvalue weighted by Gasteiger charge is -2.08. The number of para-hydroxylation sites is 1. The highest BCUT2D eigenvalue weighted by molar-refractivity contribution is 6.68. The van der Waals surface area contributed by atoms with Gasteiger partial charge in [-0.1, -0.05) is 18.2 Å². The summed E-state index contributed by atoms with van der Waals surface area (Å²) in [4.78, 5) is 14.8. The summed E-state index contributed by atoms with van der Waals surface area (Å²) in [5, 5.41) is 3.50. The van der Waals surface area contributed by atoms with Gasteiger partial charge in [-0.05, 0) is 19.1 Å². The Balaban J connectivity index is 3.02. The second kappa shape index (κ2) is 6.12. The molecule has 1 rings (SSSR count). The van der Waals surface area contributed by atoms with Gasteiger partial charge in [0.05, 0.1) is 11.4 Å². The van der Waals surface area contributed by atoms with Crippen molar-refractivity contribution >= 4 is 22.9 Å². The van der Waals surface area contributed by atoms with Crippen LogP contribution in [0.3, 0.4) is 0 Å². The Kier molecular flexibility index (Phi) is 4.80. The van der Waals surface area contributed by atoms with Crippen molar-refractivity contribution in [1.29, 1.82) is 0 Å². The quantitative estimate of drug-likeness (QED) is 0.676. The molecule has 0 aliphatic carbocycles. The van der Waals surface area contributed by atoms with E-state index >= 15 is 0 Å². The monoisotopic (exact) mass is 271 g/mol. The molecule has 0 saturated heterocycles. The van der Waals surface area contributed by atoms with Gasteiger partial charge < -0.3 is 0 Å². The highest BCUT2D eigenvalue weighted by Crippen LogP contribution is 2.17. The molecule has 0 spiro atoms. The van der Waals surface area contributed by atoms with E-state index in [0.717, 1.165) is 0 Å². The van der Waals surface area contributed by atoms with Gasteiger partial charge in [0.15, 0.2) is 5.71 Å². The summed E-state index contributed by atoms with van der Waals surface area (Å²) in [6.45, 7) is 1.29. The molecule has 7 heteroatoms. The molecule has 0 aromatic heterocycles. The third kappa shape index (κ3) is 4.20. The molecule has 0 unspecified atom stereocenters.